The summed E-state index contributed by atoms with van der Waals surface area (Å²) < 4.78 is 39.8. The minimum atomic E-state index is -3.96. The zero-order valence-electron chi connectivity index (χ0n) is 10.3. The van der Waals surface area contributed by atoms with Gasteiger partial charge in [-0.25, -0.2) is 17.8 Å². The fraction of sp³-hybridized carbons (Fsp3) is 0.154. The lowest BCUT2D eigenvalue weighted by atomic mass is 10.2. The number of nitrogens with zero attached hydrogens (tertiary/aromatic N) is 1. The van der Waals surface area contributed by atoms with Crippen molar-refractivity contribution in [1.29, 1.82) is 0 Å². The van der Waals surface area contributed by atoms with Crippen LogP contribution in [0.2, 0.25) is 0 Å². The zero-order chi connectivity index (χ0) is 13.9. The smallest absolute Gasteiger partial charge is 0.263 e. The highest BCUT2D eigenvalue weighted by Gasteiger charge is 2.18. The van der Waals surface area contributed by atoms with Crippen LogP contribution in [0.15, 0.2) is 47.5 Å². The van der Waals surface area contributed by atoms with Gasteiger partial charge in [0.25, 0.3) is 10.0 Å². The van der Waals surface area contributed by atoms with E-state index < -0.39 is 20.7 Å². The van der Waals surface area contributed by atoms with Crippen LogP contribution in [0.4, 0.5) is 10.2 Å². The van der Waals surface area contributed by atoms with Crippen LogP contribution in [-0.2, 0) is 16.4 Å². The molecule has 0 bridgehead atoms. The lowest BCUT2D eigenvalue weighted by molar-refractivity contribution is 0.570. The van der Waals surface area contributed by atoms with Crippen molar-refractivity contribution in [3.8, 4) is 0 Å². The number of aryl methyl sites for hydroxylation is 1. The van der Waals surface area contributed by atoms with E-state index in [-0.39, 0.29) is 5.82 Å². The third-order valence-electron chi connectivity index (χ3n) is 2.60. The molecular formula is C13H13FN2O2S. The molecule has 0 radical (unpaired) electrons. The summed E-state index contributed by atoms with van der Waals surface area (Å²) in [5, 5.41) is 0. The van der Waals surface area contributed by atoms with Crippen molar-refractivity contribution in [3.05, 3.63) is 54.0 Å². The maximum atomic E-state index is 13.5. The Morgan fingerprint density at radius 2 is 2.00 bits per heavy atom. The van der Waals surface area contributed by atoms with Gasteiger partial charge in [0, 0.05) is 6.20 Å². The molecule has 0 aliphatic heterocycles. The largest absolute Gasteiger partial charge is 0.265 e. The number of anilines is 1. The molecule has 19 heavy (non-hydrogen) atoms. The number of rotatable bonds is 4. The van der Waals surface area contributed by atoms with Crippen molar-refractivity contribution in [1.82, 2.24) is 4.98 Å². The van der Waals surface area contributed by atoms with E-state index in [1.807, 2.05) is 6.92 Å². The Bertz CT molecular complexity index is 687. The third kappa shape index (κ3) is 3.08. The maximum absolute atomic E-state index is 13.5. The highest BCUT2D eigenvalue weighted by Crippen LogP contribution is 2.17. The molecule has 1 N–H and O–H groups in total. The number of aromatic nitrogens is 1. The molecule has 2 rings (SSSR count). The van der Waals surface area contributed by atoms with E-state index in [0.29, 0.717) is 0 Å². The molecule has 0 aliphatic carbocycles. The number of nitrogens with one attached hydrogen (secondary N) is 1. The van der Waals surface area contributed by atoms with Gasteiger partial charge in [-0.05, 0) is 36.2 Å². The second kappa shape index (κ2) is 5.36. The summed E-state index contributed by atoms with van der Waals surface area (Å²) in [4.78, 5) is 3.52. The Hall–Kier alpha value is -1.95. The summed E-state index contributed by atoms with van der Waals surface area (Å²) in [6, 6.07) is 8.63. The highest BCUT2D eigenvalue weighted by molar-refractivity contribution is 7.92. The van der Waals surface area contributed by atoms with E-state index in [1.54, 1.807) is 12.1 Å². The van der Waals surface area contributed by atoms with Crippen LogP contribution < -0.4 is 4.72 Å². The van der Waals surface area contributed by atoms with E-state index in [1.165, 1.54) is 24.4 Å². The summed E-state index contributed by atoms with van der Waals surface area (Å²) in [6.07, 6.45) is 2.27. The Labute approximate surface area is 111 Å². The fourth-order valence-electron chi connectivity index (χ4n) is 1.61. The first-order chi connectivity index (χ1) is 9.03. The number of sulfonamides is 1. The number of hydrogen-bond acceptors (Lipinski definition) is 3. The molecule has 6 heteroatoms. The minimum Gasteiger partial charge on any atom is -0.263 e. The zero-order valence-corrected chi connectivity index (χ0v) is 11.1. The van der Waals surface area contributed by atoms with Gasteiger partial charge in [-0.15, -0.1) is 0 Å². The predicted molar refractivity (Wildman–Crippen MR) is 70.8 cm³/mol. The van der Waals surface area contributed by atoms with Gasteiger partial charge in [0.2, 0.25) is 0 Å². The SMILES string of the molecule is CCc1ccnc(NS(=O)(=O)c2ccccc2F)c1. The van der Waals surface area contributed by atoms with Gasteiger partial charge in [-0.2, -0.15) is 0 Å². The Morgan fingerprint density at radius 3 is 2.68 bits per heavy atom. The molecule has 1 heterocycles. The Balaban J connectivity index is 2.34. The molecule has 1 aromatic carbocycles. The second-order valence-corrected chi connectivity index (χ2v) is 5.59. The molecule has 2 aromatic rings. The monoisotopic (exact) mass is 280 g/mol. The van der Waals surface area contributed by atoms with Gasteiger partial charge < -0.3 is 0 Å². The van der Waals surface area contributed by atoms with Crippen LogP contribution in [0.3, 0.4) is 0 Å². The normalized spacial score (nSPS) is 11.3. The van der Waals surface area contributed by atoms with Gasteiger partial charge in [0.05, 0.1) is 0 Å². The van der Waals surface area contributed by atoms with E-state index in [0.717, 1.165) is 18.1 Å². The van der Waals surface area contributed by atoms with Crippen LogP contribution >= 0.6 is 0 Å². The lowest BCUT2D eigenvalue weighted by Crippen LogP contribution is -2.15. The standard InChI is InChI=1S/C13H13FN2O2S/c1-2-10-7-8-15-13(9-10)16-19(17,18)12-6-4-3-5-11(12)14/h3-9H,2H2,1H3,(H,15,16). The van der Waals surface area contributed by atoms with Crippen molar-refractivity contribution in [2.75, 3.05) is 4.72 Å². The first kappa shape index (κ1) is 13.5. The maximum Gasteiger partial charge on any atom is 0.265 e. The molecule has 0 unspecified atom stereocenters. The van der Waals surface area contributed by atoms with Crippen molar-refractivity contribution < 1.29 is 12.8 Å². The topological polar surface area (TPSA) is 59.1 Å². The summed E-state index contributed by atoms with van der Waals surface area (Å²) in [7, 11) is -3.96. The number of hydrogen-bond donors (Lipinski definition) is 1. The summed E-state index contributed by atoms with van der Waals surface area (Å²) in [6.45, 7) is 1.95. The van der Waals surface area contributed by atoms with Crippen LogP contribution in [0.5, 0.6) is 0 Å². The summed E-state index contributed by atoms with van der Waals surface area (Å²) in [5.41, 5.74) is 0.946. The van der Waals surface area contributed by atoms with Gasteiger partial charge in [0.15, 0.2) is 0 Å². The molecule has 1 aromatic heterocycles. The van der Waals surface area contributed by atoms with E-state index in [4.69, 9.17) is 0 Å². The molecule has 0 aliphatic rings. The van der Waals surface area contributed by atoms with Crippen LogP contribution in [0.25, 0.3) is 0 Å². The van der Waals surface area contributed by atoms with Crippen molar-refractivity contribution in [2.45, 2.75) is 18.2 Å². The fourth-order valence-corrected chi connectivity index (χ4v) is 2.68. The summed E-state index contributed by atoms with van der Waals surface area (Å²) in [5.74, 6) is -0.607. The molecule has 0 amide bonds. The van der Waals surface area contributed by atoms with Gasteiger partial charge in [-0.3, -0.25) is 4.72 Å². The predicted octanol–water partition coefficient (Wildman–Crippen LogP) is 2.58. The van der Waals surface area contributed by atoms with E-state index in [2.05, 4.69) is 9.71 Å². The first-order valence-electron chi connectivity index (χ1n) is 5.75. The van der Waals surface area contributed by atoms with Crippen molar-refractivity contribution in [3.63, 3.8) is 0 Å². The van der Waals surface area contributed by atoms with Crippen molar-refractivity contribution in [2.24, 2.45) is 0 Å². The Morgan fingerprint density at radius 1 is 1.26 bits per heavy atom. The highest BCUT2D eigenvalue weighted by atomic mass is 32.2. The third-order valence-corrected chi connectivity index (χ3v) is 3.99. The van der Waals surface area contributed by atoms with Gasteiger partial charge in [0.1, 0.15) is 16.5 Å². The first-order valence-corrected chi connectivity index (χ1v) is 7.23. The molecule has 0 spiro atoms. The van der Waals surface area contributed by atoms with Crippen LogP contribution in [-0.4, -0.2) is 13.4 Å². The quantitative estimate of drug-likeness (QED) is 0.936. The molecule has 0 saturated carbocycles. The van der Waals surface area contributed by atoms with Gasteiger partial charge >= 0.3 is 0 Å². The molecule has 0 fully saturated rings. The van der Waals surface area contributed by atoms with Gasteiger partial charge in [-0.1, -0.05) is 19.1 Å². The van der Waals surface area contributed by atoms with E-state index in [9.17, 15) is 12.8 Å². The molecular weight excluding hydrogens is 267 g/mol. The minimum absolute atomic E-state index is 0.183. The van der Waals surface area contributed by atoms with Crippen LogP contribution in [0.1, 0.15) is 12.5 Å². The van der Waals surface area contributed by atoms with E-state index >= 15 is 0 Å². The number of halogens is 1. The molecule has 0 saturated heterocycles. The summed E-state index contributed by atoms with van der Waals surface area (Å²) >= 11 is 0. The Kier molecular flexibility index (Phi) is 3.80. The van der Waals surface area contributed by atoms with Crippen molar-refractivity contribution >= 4 is 15.8 Å². The second-order valence-electron chi connectivity index (χ2n) is 3.94. The average molecular weight is 280 g/mol. The molecule has 100 valence electrons. The molecule has 0 atom stereocenters. The molecule has 4 nitrogen and oxygen atoms in total. The average Bonchev–Trinajstić information content (AvgIpc) is 2.38. The number of pyridine rings is 1. The lowest BCUT2D eigenvalue weighted by Gasteiger charge is -2.08. The van der Waals surface area contributed by atoms with Crippen LogP contribution in [0, 0.1) is 5.82 Å². The number of benzene rings is 1.